The van der Waals surface area contributed by atoms with Gasteiger partial charge in [0.05, 0.1) is 4.21 Å². The number of hydrogen-bond acceptors (Lipinski definition) is 7. The summed E-state index contributed by atoms with van der Waals surface area (Å²) in [5.74, 6) is 1.16. The molecular formula is C18H25N3S4. The SMILES string of the molecule is CSN1CCN(CCSc2ccc(Sc3ccc(CN)s3)cc2)CC1. The number of piperazine rings is 1. The van der Waals surface area contributed by atoms with Crippen molar-refractivity contribution >= 4 is 46.8 Å². The second-order valence-electron chi connectivity index (χ2n) is 5.80. The van der Waals surface area contributed by atoms with Gasteiger partial charge in [-0.2, -0.15) is 0 Å². The number of hydrogen-bond donors (Lipinski definition) is 1. The summed E-state index contributed by atoms with van der Waals surface area (Å²) in [6, 6.07) is 13.2. The van der Waals surface area contributed by atoms with E-state index in [0.717, 1.165) is 5.75 Å². The molecule has 1 fully saturated rings. The molecule has 3 nitrogen and oxygen atoms in total. The molecule has 1 saturated heterocycles. The lowest BCUT2D eigenvalue weighted by Gasteiger charge is -2.33. The minimum absolute atomic E-state index is 0.632. The van der Waals surface area contributed by atoms with Crippen LogP contribution < -0.4 is 5.73 Å². The fourth-order valence-electron chi connectivity index (χ4n) is 2.67. The molecule has 2 heterocycles. The van der Waals surface area contributed by atoms with Gasteiger partial charge in [0.2, 0.25) is 0 Å². The van der Waals surface area contributed by atoms with Crippen molar-refractivity contribution in [2.24, 2.45) is 5.73 Å². The number of rotatable bonds is 8. The number of thiophene rings is 1. The van der Waals surface area contributed by atoms with Crippen LogP contribution in [-0.2, 0) is 6.54 Å². The van der Waals surface area contributed by atoms with Crippen LogP contribution in [0.25, 0.3) is 0 Å². The maximum absolute atomic E-state index is 5.68. The molecule has 0 amide bonds. The van der Waals surface area contributed by atoms with Gasteiger partial charge in [0, 0.05) is 59.7 Å². The molecule has 2 aromatic rings. The Kier molecular flexibility index (Phi) is 8.04. The summed E-state index contributed by atoms with van der Waals surface area (Å²) in [6.07, 6.45) is 2.17. The number of nitrogens with zero attached hydrogens (tertiary/aromatic N) is 2. The van der Waals surface area contributed by atoms with E-state index < -0.39 is 0 Å². The van der Waals surface area contributed by atoms with Crippen LogP contribution in [0.15, 0.2) is 50.4 Å². The van der Waals surface area contributed by atoms with E-state index in [1.165, 1.54) is 51.6 Å². The molecule has 1 aromatic carbocycles. The zero-order valence-electron chi connectivity index (χ0n) is 14.5. The van der Waals surface area contributed by atoms with E-state index in [-0.39, 0.29) is 0 Å². The van der Waals surface area contributed by atoms with Gasteiger partial charge < -0.3 is 5.73 Å². The van der Waals surface area contributed by atoms with Crippen molar-refractivity contribution in [3.05, 3.63) is 41.3 Å². The van der Waals surface area contributed by atoms with Gasteiger partial charge in [-0.3, -0.25) is 4.90 Å². The van der Waals surface area contributed by atoms with E-state index >= 15 is 0 Å². The Balaban J connectivity index is 1.40. The van der Waals surface area contributed by atoms with Gasteiger partial charge in [0.25, 0.3) is 0 Å². The third-order valence-electron chi connectivity index (χ3n) is 4.15. The van der Waals surface area contributed by atoms with Crippen LogP contribution in [0.4, 0.5) is 0 Å². The topological polar surface area (TPSA) is 32.5 Å². The average molecular weight is 412 g/mol. The molecule has 136 valence electrons. The van der Waals surface area contributed by atoms with Crippen molar-refractivity contribution in [2.75, 3.05) is 44.7 Å². The molecule has 0 radical (unpaired) electrons. The van der Waals surface area contributed by atoms with E-state index in [2.05, 4.69) is 51.9 Å². The molecule has 0 saturated carbocycles. The first-order chi connectivity index (χ1) is 12.3. The lowest BCUT2D eigenvalue weighted by molar-refractivity contribution is 0.207. The largest absolute Gasteiger partial charge is 0.326 e. The molecule has 0 aliphatic carbocycles. The number of thioether (sulfide) groups is 1. The minimum Gasteiger partial charge on any atom is -0.326 e. The second kappa shape index (κ2) is 10.3. The van der Waals surface area contributed by atoms with Crippen LogP contribution in [0.1, 0.15) is 4.88 Å². The first-order valence-corrected chi connectivity index (χ1v) is 12.3. The molecule has 0 spiro atoms. The van der Waals surface area contributed by atoms with E-state index in [4.69, 9.17) is 5.73 Å². The smallest absolute Gasteiger partial charge is 0.0649 e. The summed E-state index contributed by atoms with van der Waals surface area (Å²) in [7, 11) is 0. The Morgan fingerprint density at radius 3 is 2.36 bits per heavy atom. The maximum Gasteiger partial charge on any atom is 0.0649 e. The van der Waals surface area contributed by atoms with Gasteiger partial charge in [-0.1, -0.05) is 23.7 Å². The van der Waals surface area contributed by atoms with Crippen LogP contribution in [0.3, 0.4) is 0 Å². The molecule has 2 N–H and O–H groups in total. The molecule has 7 heteroatoms. The molecule has 0 atom stereocenters. The van der Waals surface area contributed by atoms with Crippen molar-refractivity contribution < 1.29 is 0 Å². The molecule has 1 aromatic heterocycles. The third kappa shape index (κ3) is 6.20. The summed E-state index contributed by atoms with van der Waals surface area (Å²) in [5, 5.41) is 0. The van der Waals surface area contributed by atoms with Gasteiger partial charge in [-0.05, 0) is 42.7 Å². The van der Waals surface area contributed by atoms with Crippen molar-refractivity contribution in [2.45, 2.75) is 20.5 Å². The molecule has 1 aliphatic rings. The predicted octanol–water partition coefficient (Wildman–Crippen LogP) is 4.35. The highest BCUT2D eigenvalue weighted by Crippen LogP contribution is 2.34. The standard InChI is InChI=1S/C18H25N3S4/c1-22-21-10-8-20(9-11-21)12-13-23-15-2-4-16(5-3-15)24-18-7-6-17(14-19)25-18/h2-7H,8-14,19H2,1H3. The van der Waals surface area contributed by atoms with Gasteiger partial charge in [-0.25, -0.2) is 4.31 Å². The van der Waals surface area contributed by atoms with Crippen LogP contribution in [0.2, 0.25) is 0 Å². The van der Waals surface area contributed by atoms with E-state index in [1.807, 2.05) is 35.5 Å². The Hall–Kier alpha value is -0.150. The highest BCUT2D eigenvalue weighted by Gasteiger charge is 2.15. The van der Waals surface area contributed by atoms with Crippen molar-refractivity contribution in [3.63, 3.8) is 0 Å². The Labute approximate surface area is 167 Å². The monoisotopic (exact) mass is 411 g/mol. The summed E-state index contributed by atoms with van der Waals surface area (Å²) in [6.45, 7) is 6.58. The van der Waals surface area contributed by atoms with Crippen molar-refractivity contribution in [1.82, 2.24) is 9.21 Å². The fraction of sp³-hybridized carbons (Fsp3) is 0.444. The Bertz CT molecular complexity index is 636. The first-order valence-electron chi connectivity index (χ1n) is 8.48. The highest BCUT2D eigenvalue weighted by atomic mass is 32.2. The summed E-state index contributed by atoms with van der Waals surface area (Å²) >= 11 is 7.43. The van der Waals surface area contributed by atoms with E-state index in [9.17, 15) is 0 Å². The zero-order chi connectivity index (χ0) is 17.5. The zero-order valence-corrected chi connectivity index (χ0v) is 17.8. The molecule has 25 heavy (non-hydrogen) atoms. The quantitative estimate of drug-likeness (QED) is 0.514. The number of benzene rings is 1. The lowest BCUT2D eigenvalue weighted by Crippen LogP contribution is -2.44. The second-order valence-corrected chi connectivity index (χ2v) is 10.4. The Morgan fingerprint density at radius 2 is 1.72 bits per heavy atom. The normalized spacial score (nSPS) is 16.4. The van der Waals surface area contributed by atoms with Crippen LogP contribution in [-0.4, -0.2) is 53.9 Å². The van der Waals surface area contributed by atoms with E-state index in [0.29, 0.717) is 6.54 Å². The molecule has 1 aliphatic heterocycles. The van der Waals surface area contributed by atoms with Crippen LogP contribution in [0, 0.1) is 0 Å². The molecule has 0 unspecified atom stereocenters. The molecular weight excluding hydrogens is 386 g/mol. The third-order valence-corrected chi connectivity index (χ3v) is 8.27. The summed E-state index contributed by atoms with van der Waals surface area (Å²) in [4.78, 5) is 6.48. The van der Waals surface area contributed by atoms with Gasteiger partial charge >= 0.3 is 0 Å². The van der Waals surface area contributed by atoms with Gasteiger partial charge in [-0.15, -0.1) is 23.1 Å². The van der Waals surface area contributed by atoms with E-state index in [1.54, 1.807) is 11.3 Å². The summed E-state index contributed by atoms with van der Waals surface area (Å²) in [5.41, 5.74) is 5.68. The average Bonchev–Trinajstić information content (AvgIpc) is 3.11. The number of nitrogens with two attached hydrogens (primary N) is 1. The van der Waals surface area contributed by atoms with Crippen LogP contribution in [0.5, 0.6) is 0 Å². The van der Waals surface area contributed by atoms with Gasteiger partial charge in [0.1, 0.15) is 0 Å². The van der Waals surface area contributed by atoms with Crippen molar-refractivity contribution in [3.8, 4) is 0 Å². The lowest BCUT2D eigenvalue weighted by atomic mass is 10.4. The first kappa shape index (κ1) is 19.6. The molecule has 0 bridgehead atoms. The maximum atomic E-state index is 5.68. The Morgan fingerprint density at radius 1 is 1.00 bits per heavy atom. The minimum atomic E-state index is 0.632. The van der Waals surface area contributed by atoms with Crippen LogP contribution >= 0.6 is 46.8 Å². The predicted molar refractivity (Wildman–Crippen MR) is 115 cm³/mol. The fourth-order valence-corrected chi connectivity index (χ4v) is 6.14. The summed E-state index contributed by atoms with van der Waals surface area (Å²) < 4.78 is 3.76. The molecule has 3 rings (SSSR count). The van der Waals surface area contributed by atoms with Gasteiger partial charge in [0.15, 0.2) is 0 Å². The van der Waals surface area contributed by atoms with Crippen molar-refractivity contribution in [1.29, 1.82) is 0 Å². The highest BCUT2D eigenvalue weighted by molar-refractivity contribution is 8.01.